The highest BCUT2D eigenvalue weighted by atomic mass is 19.1. The average molecular weight is 231 g/mol. The SMILES string of the molecule is CCCNc1ccnc(-c2ccc(F)cc2)n1. The van der Waals surface area contributed by atoms with Gasteiger partial charge >= 0.3 is 0 Å². The Balaban J connectivity index is 2.23. The minimum atomic E-state index is -0.256. The summed E-state index contributed by atoms with van der Waals surface area (Å²) in [6.45, 7) is 2.97. The highest BCUT2D eigenvalue weighted by Gasteiger charge is 2.02. The number of benzene rings is 1. The molecule has 17 heavy (non-hydrogen) atoms. The molecule has 0 bridgehead atoms. The van der Waals surface area contributed by atoms with Gasteiger partial charge in [0.2, 0.25) is 0 Å². The van der Waals surface area contributed by atoms with Gasteiger partial charge in [-0.2, -0.15) is 0 Å². The Bertz CT molecular complexity index is 482. The molecule has 0 aliphatic carbocycles. The smallest absolute Gasteiger partial charge is 0.161 e. The van der Waals surface area contributed by atoms with Crippen molar-refractivity contribution in [3.8, 4) is 11.4 Å². The lowest BCUT2D eigenvalue weighted by molar-refractivity contribution is 0.628. The molecule has 0 amide bonds. The van der Waals surface area contributed by atoms with Crippen molar-refractivity contribution in [2.45, 2.75) is 13.3 Å². The molecule has 0 spiro atoms. The van der Waals surface area contributed by atoms with Crippen LogP contribution in [0.2, 0.25) is 0 Å². The third-order valence-corrected chi connectivity index (χ3v) is 2.31. The quantitative estimate of drug-likeness (QED) is 0.878. The minimum absolute atomic E-state index is 0.256. The zero-order valence-electron chi connectivity index (χ0n) is 9.65. The summed E-state index contributed by atoms with van der Waals surface area (Å²) in [7, 11) is 0. The van der Waals surface area contributed by atoms with Crippen LogP contribution in [0.5, 0.6) is 0 Å². The third-order valence-electron chi connectivity index (χ3n) is 2.31. The molecule has 0 fully saturated rings. The van der Waals surface area contributed by atoms with Gasteiger partial charge in [-0.25, -0.2) is 14.4 Å². The second-order valence-electron chi connectivity index (χ2n) is 3.70. The molecule has 0 unspecified atom stereocenters. The summed E-state index contributed by atoms with van der Waals surface area (Å²) in [6.07, 6.45) is 2.74. The van der Waals surface area contributed by atoms with E-state index in [0.717, 1.165) is 24.3 Å². The Morgan fingerprint density at radius 2 is 1.94 bits per heavy atom. The standard InChI is InChI=1S/C13H14FN3/c1-2-8-15-12-7-9-16-13(17-12)10-3-5-11(14)6-4-10/h3-7,9H,2,8H2,1H3,(H,15,16,17). The van der Waals surface area contributed by atoms with E-state index in [-0.39, 0.29) is 5.82 Å². The molecule has 4 heteroatoms. The van der Waals surface area contributed by atoms with Gasteiger partial charge in [0.15, 0.2) is 5.82 Å². The Morgan fingerprint density at radius 1 is 1.18 bits per heavy atom. The molecule has 1 aromatic carbocycles. The van der Waals surface area contributed by atoms with E-state index in [9.17, 15) is 4.39 Å². The van der Waals surface area contributed by atoms with Gasteiger partial charge in [0.05, 0.1) is 0 Å². The fourth-order valence-corrected chi connectivity index (χ4v) is 1.45. The molecular weight excluding hydrogens is 217 g/mol. The van der Waals surface area contributed by atoms with Gasteiger partial charge in [-0.05, 0) is 36.8 Å². The topological polar surface area (TPSA) is 37.8 Å². The summed E-state index contributed by atoms with van der Waals surface area (Å²) < 4.78 is 12.8. The first kappa shape index (κ1) is 11.5. The van der Waals surface area contributed by atoms with E-state index >= 15 is 0 Å². The van der Waals surface area contributed by atoms with Crippen LogP contribution < -0.4 is 5.32 Å². The second kappa shape index (κ2) is 5.39. The summed E-state index contributed by atoms with van der Waals surface area (Å²) in [4.78, 5) is 8.54. The molecule has 0 saturated heterocycles. The first-order valence-electron chi connectivity index (χ1n) is 5.62. The number of hydrogen-bond donors (Lipinski definition) is 1. The Hall–Kier alpha value is -1.97. The molecule has 0 radical (unpaired) electrons. The monoisotopic (exact) mass is 231 g/mol. The molecule has 3 nitrogen and oxygen atoms in total. The van der Waals surface area contributed by atoms with Crippen molar-refractivity contribution in [3.63, 3.8) is 0 Å². The van der Waals surface area contributed by atoms with Crippen molar-refractivity contribution in [2.24, 2.45) is 0 Å². The molecule has 0 aliphatic rings. The van der Waals surface area contributed by atoms with Crippen molar-refractivity contribution < 1.29 is 4.39 Å². The van der Waals surface area contributed by atoms with E-state index in [1.165, 1.54) is 12.1 Å². The average Bonchev–Trinajstić information content (AvgIpc) is 2.37. The fourth-order valence-electron chi connectivity index (χ4n) is 1.45. The molecule has 0 saturated carbocycles. The van der Waals surface area contributed by atoms with Crippen LogP contribution >= 0.6 is 0 Å². The predicted molar refractivity (Wildman–Crippen MR) is 66.2 cm³/mol. The molecule has 2 aromatic rings. The van der Waals surface area contributed by atoms with Gasteiger partial charge in [0, 0.05) is 18.3 Å². The van der Waals surface area contributed by atoms with Crippen LogP contribution in [-0.2, 0) is 0 Å². The predicted octanol–water partition coefficient (Wildman–Crippen LogP) is 3.10. The van der Waals surface area contributed by atoms with Crippen molar-refractivity contribution in [2.75, 3.05) is 11.9 Å². The zero-order valence-corrected chi connectivity index (χ0v) is 9.65. The number of anilines is 1. The number of hydrogen-bond acceptors (Lipinski definition) is 3. The molecule has 1 N–H and O–H groups in total. The Kier molecular flexibility index (Phi) is 3.65. The van der Waals surface area contributed by atoms with E-state index < -0.39 is 0 Å². The van der Waals surface area contributed by atoms with E-state index in [4.69, 9.17) is 0 Å². The summed E-state index contributed by atoms with van der Waals surface area (Å²) in [5, 5.41) is 3.19. The van der Waals surface area contributed by atoms with Gasteiger partial charge in [0.25, 0.3) is 0 Å². The van der Waals surface area contributed by atoms with E-state index in [0.29, 0.717) is 5.82 Å². The van der Waals surface area contributed by atoms with Crippen LogP contribution in [0.3, 0.4) is 0 Å². The van der Waals surface area contributed by atoms with Crippen molar-refractivity contribution in [1.82, 2.24) is 9.97 Å². The molecule has 1 heterocycles. The van der Waals surface area contributed by atoms with Crippen LogP contribution in [0.15, 0.2) is 36.5 Å². The van der Waals surface area contributed by atoms with Crippen LogP contribution in [0.25, 0.3) is 11.4 Å². The number of rotatable bonds is 4. The number of aromatic nitrogens is 2. The van der Waals surface area contributed by atoms with Crippen LogP contribution in [0.4, 0.5) is 10.2 Å². The van der Waals surface area contributed by atoms with Crippen molar-refractivity contribution in [3.05, 3.63) is 42.3 Å². The normalized spacial score (nSPS) is 10.2. The van der Waals surface area contributed by atoms with E-state index in [2.05, 4.69) is 22.2 Å². The lowest BCUT2D eigenvalue weighted by atomic mass is 10.2. The van der Waals surface area contributed by atoms with Crippen molar-refractivity contribution in [1.29, 1.82) is 0 Å². The van der Waals surface area contributed by atoms with Gasteiger partial charge < -0.3 is 5.32 Å². The maximum Gasteiger partial charge on any atom is 0.161 e. The summed E-state index contributed by atoms with van der Waals surface area (Å²) in [5.41, 5.74) is 0.812. The molecule has 88 valence electrons. The molecule has 0 atom stereocenters. The molecular formula is C13H14FN3. The second-order valence-corrected chi connectivity index (χ2v) is 3.70. The highest BCUT2D eigenvalue weighted by Crippen LogP contribution is 2.16. The van der Waals surface area contributed by atoms with Crippen LogP contribution in [0, 0.1) is 5.82 Å². The minimum Gasteiger partial charge on any atom is -0.370 e. The number of halogens is 1. The van der Waals surface area contributed by atoms with Gasteiger partial charge in [-0.3, -0.25) is 0 Å². The van der Waals surface area contributed by atoms with Gasteiger partial charge in [-0.15, -0.1) is 0 Å². The maximum atomic E-state index is 12.8. The van der Waals surface area contributed by atoms with E-state index in [1.807, 2.05) is 6.07 Å². The highest BCUT2D eigenvalue weighted by molar-refractivity contribution is 5.56. The Labute approximate surface area is 99.7 Å². The molecule has 0 aliphatic heterocycles. The van der Waals surface area contributed by atoms with E-state index in [1.54, 1.807) is 18.3 Å². The first-order valence-corrected chi connectivity index (χ1v) is 5.62. The summed E-state index contributed by atoms with van der Waals surface area (Å²) in [5.74, 6) is 1.14. The zero-order chi connectivity index (χ0) is 12.1. The number of nitrogens with zero attached hydrogens (tertiary/aromatic N) is 2. The van der Waals surface area contributed by atoms with Crippen molar-refractivity contribution >= 4 is 5.82 Å². The molecule has 1 aromatic heterocycles. The number of nitrogens with one attached hydrogen (secondary N) is 1. The largest absolute Gasteiger partial charge is 0.370 e. The van der Waals surface area contributed by atoms with Crippen LogP contribution in [-0.4, -0.2) is 16.5 Å². The van der Waals surface area contributed by atoms with Gasteiger partial charge in [0.1, 0.15) is 11.6 Å². The molecule has 2 rings (SSSR count). The Morgan fingerprint density at radius 3 is 2.65 bits per heavy atom. The fraction of sp³-hybridized carbons (Fsp3) is 0.231. The lowest BCUT2D eigenvalue weighted by Gasteiger charge is -2.05. The summed E-state index contributed by atoms with van der Waals surface area (Å²) >= 11 is 0. The lowest BCUT2D eigenvalue weighted by Crippen LogP contribution is -2.02. The third kappa shape index (κ3) is 3.00. The summed E-state index contributed by atoms with van der Waals surface area (Å²) in [6, 6.07) is 7.99. The van der Waals surface area contributed by atoms with Crippen LogP contribution in [0.1, 0.15) is 13.3 Å². The van der Waals surface area contributed by atoms with Gasteiger partial charge in [-0.1, -0.05) is 6.92 Å². The first-order chi connectivity index (χ1) is 8.29. The maximum absolute atomic E-state index is 12.8.